The van der Waals surface area contributed by atoms with Crippen molar-refractivity contribution < 1.29 is 4.79 Å². The maximum Gasteiger partial charge on any atom is 0.309 e. The number of nitrogens with two attached hydrogens (primary N) is 2. The van der Waals surface area contributed by atoms with Gasteiger partial charge in [0.05, 0.1) is 8.07 Å². The number of carbonyl (C=O) groups excluding carboxylic acids is 1. The predicted molar refractivity (Wildman–Crippen MR) is 47.3 cm³/mol. The molecule has 0 heterocycles. The third kappa shape index (κ3) is 56.5. The molecule has 2 amide bonds. The quantitative estimate of drug-likeness (QED) is 0.554. The summed E-state index contributed by atoms with van der Waals surface area (Å²) in [7, 11) is -0.867. The predicted octanol–water partition coefficient (Wildman–Crippen LogP) is 1.07. The lowest BCUT2D eigenvalue weighted by molar-refractivity contribution is 0.256. The van der Waals surface area contributed by atoms with Gasteiger partial charge in [0.2, 0.25) is 0 Å². The van der Waals surface area contributed by atoms with E-state index < -0.39 is 14.1 Å². The average Bonchev–Trinajstić information content (AvgIpc) is 1.63. The maximum absolute atomic E-state index is 9.00. The van der Waals surface area contributed by atoms with E-state index >= 15 is 0 Å². The molecule has 0 aliphatic carbocycles. The molecule has 0 fully saturated rings. The van der Waals surface area contributed by atoms with E-state index in [1.807, 2.05) is 0 Å². The Bertz CT molecular complexity index is 113. The van der Waals surface area contributed by atoms with Crippen LogP contribution in [0, 0.1) is 0 Å². The Labute approximate surface area is 63.1 Å². The van der Waals surface area contributed by atoms with Crippen molar-refractivity contribution in [2.24, 2.45) is 11.5 Å². The first kappa shape index (κ1) is 12.0. The van der Waals surface area contributed by atoms with Gasteiger partial charge in [0.15, 0.2) is 0 Å². The molecular formula is C6H16N2OSi. The normalized spacial score (nSPS) is 9.10. The molecule has 10 heavy (non-hydrogen) atoms. The van der Waals surface area contributed by atoms with E-state index in [-0.39, 0.29) is 0 Å². The third-order valence-electron chi connectivity index (χ3n) is 0.612. The van der Waals surface area contributed by atoms with Gasteiger partial charge in [-0.1, -0.05) is 19.6 Å². The van der Waals surface area contributed by atoms with Crippen molar-refractivity contribution in [3.05, 3.63) is 12.3 Å². The Morgan fingerprint density at radius 2 is 1.50 bits per heavy atom. The van der Waals surface area contributed by atoms with Crippen LogP contribution in [0.2, 0.25) is 19.6 Å². The lowest BCUT2D eigenvalue weighted by Crippen LogP contribution is -2.18. The molecular weight excluding hydrogens is 144 g/mol. The van der Waals surface area contributed by atoms with Crippen LogP contribution < -0.4 is 11.5 Å². The molecule has 0 aromatic carbocycles. The minimum atomic E-state index is -0.867. The molecule has 0 radical (unpaired) electrons. The first-order valence-corrected chi connectivity index (χ1v) is 6.56. The second kappa shape index (κ2) is 5.05. The molecule has 4 N–H and O–H groups in total. The van der Waals surface area contributed by atoms with Gasteiger partial charge >= 0.3 is 6.03 Å². The minimum absolute atomic E-state index is 0.833. The Hall–Kier alpha value is -0.773. The fourth-order valence-electron chi connectivity index (χ4n) is 0. The molecule has 0 aliphatic heterocycles. The summed E-state index contributed by atoms with van der Waals surface area (Å²) in [6, 6.07) is -0.833. The van der Waals surface area contributed by atoms with Crippen LogP contribution in [-0.2, 0) is 0 Å². The summed E-state index contributed by atoms with van der Waals surface area (Å²) in [5.74, 6) is 0. The van der Waals surface area contributed by atoms with Crippen LogP contribution in [0.5, 0.6) is 0 Å². The topological polar surface area (TPSA) is 69.1 Å². The molecule has 0 rings (SSSR count). The summed E-state index contributed by atoms with van der Waals surface area (Å²) in [4.78, 5) is 9.00. The number of rotatable bonds is 1. The molecule has 0 aromatic rings. The number of primary amides is 2. The van der Waals surface area contributed by atoms with Crippen LogP contribution in [0.3, 0.4) is 0 Å². The van der Waals surface area contributed by atoms with Gasteiger partial charge in [-0.15, -0.1) is 12.3 Å². The van der Waals surface area contributed by atoms with Crippen LogP contribution in [0.15, 0.2) is 12.3 Å². The fourth-order valence-corrected chi connectivity index (χ4v) is 0. The highest BCUT2D eigenvalue weighted by atomic mass is 28.3. The monoisotopic (exact) mass is 160 g/mol. The SMILES string of the molecule is C=C[Si](C)(C)C.NC(N)=O. The maximum atomic E-state index is 9.00. The van der Waals surface area contributed by atoms with E-state index in [9.17, 15) is 0 Å². The highest BCUT2D eigenvalue weighted by Crippen LogP contribution is 1.98. The Morgan fingerprint density at radius 3 is 1.50 bits per heavy atom. The largest absolute Gasteiger partial charge is 0.352 e. The Morgan fingerprint density at radius 1 is 1.40 bits per heavy atom. The summed E-state index contributed by atoms with van der Waals surface area (Å²) in [5.41, 5.74) is 10.6. The number of carbonyl (C=O) groups is 1. The molecule has 0 aromatic heterocycles. The van der Waals surface area contributed by atoms with Gasteiger partial charge in [0.25, 0.3) is 0 Å². The summed E-state index contributed by atoms with van der Waals surface area (Å²) in [6.07, 6.45) is 0. The summed E-state index contributed by atoms with van der Waals surface area (Å²) >= 11 is 0. The van der Waals surface area contributed by atoms with Crippen molar-refractivity contribution in [3.8, 4) is 0 Å². The van der Waals surface area contributed by atoms with Gasteiger partial charge in [-0.3, -0.25) is 0 Å². The van der Waals surface area contributed by atoms with Gasteiger partial charge < -0.3 is 11.5 Å². The van der Waals surface area contributed by atoms with Crippen LogP contribution >= 0.6 is 0 Å². The smallest absolute Gasteiger partial charge is 0.309 e. The van der Waals surface area contributed by atoms with E-state index in [1.165, 1.54) is 0 Å². The molecule has 3 nitrogen and oxygen atoms in total. The zero-order valence-electron chi connectivity index (χ0n) is 6.85. The van der Waals surface area contributed by atoms with Crippen LogP contribution in [0.25, 0.3) is 0 Å². The second-order valence-electron chi connectivity index (χ2n) is 2.97. The van der Waals surface area contributed by atoms with Crippen LogP contribution in [0.1, 0.15) is 0 Å². The lowest BCUT2D eigenvalue weighted by atomic mass is 11.2. The highest BCUT2D eigenvalue weighted by molar-refractivity contribution is 6.80. The van der Waals surface area contributed by atoms with Crippen molar-refractivity contribution in [1.82, 2.24) is 0 Å². The molecule has 4 heteroatoms. The lowest BCUT2D eigenvalue weighted by Gasteiger charge is -2.04. The van der Waals surface area contributed by atoms with Gasteiger partial charge in [0, 0.05) is 0 Å². The van der Waals surface area contributed by atoms with E-state index in [0.29, 0.717) is 0 Å². The molecule has 0 saturated carbocycles. The number of hydrogen-bond acceptors (Lipinski definition) is 1. The molecule has 0 spiro atoms. The fraction of sp³-hybridized carbons (Fsp3) is 0.500. The van der Waals surface area contributed by atoms with E-state index in [2.05, 4.69) is 43.4 Å². The number of amides is 2. The molecule has 0 bridgehead atoms. The Kier molecular flexibility index (Phi) is 6.03. The zero-order chi connectivity index (χ0) is 8.78. The molecule has 0 atom stereocenters. The zero-order valence-corrected chi connectivity index (χ0v) is 7.85. The summed E-state index contributed by atoms with van der Waals surface area (Å²) < 4.78 is 0. The third-order valence-corrected chi connectivity index (χ3v) is 1.84. The first-order valence-electron chi connectivity index (χ1n) is 2.98. The van der Waals surface area contributed by atoms with Crippen molar-refractivity contribution in [1.29, 1.82) is 0 Å². The highest BCUT2D eigenvalue weighted by Gasteiger charge is 2.03. The van der Waals surface area contributed by atoms with Gasteiger partial charge in [-0.25, -0.2) is 4.79 Å². The molecule has 60 valence electrons. The Balaban J connectivity index is 0. The van der Waals surface area contributed by atoms with Gasteiger partial charge in [-0.05, 0) is 0 Å². The van der Waals surface area contributed by atoms with Crippen molar-refractivity contribution >= 4 is 14.1 Å². The van der Waals surface area contributed by atoms with E-state index in [1.54, 1.807) is 0 Å². The number of hydrogen-bond donors (Lipinski definition) is 2. The number of urea groups is 1. The summed E-state index contributed by atoms with van der Waals surface area (Å²) in [5, 5.41) is 0. The average molecular weight is 160 g/mol. The van der Waals surface area contributed by atoms with Crippen LogP contribution in [0.4, 0.5) is 4.79 Å². The first-order chi connectivity index (χ1) is 4.29. The second-order valence-corrected chi connectivity index (χ2v) is 8.11. The van der Waals surface area contributed by atoms with Crippen LogP contribution in [-0.4, -0.2) is 14.1 Å². The van der Waals surface area contributed by atoms with Crippen molar-refractivity contribution in [2.75, 3.05) is 0 Å². The van der Waals surface area contributed by atoms with Crippen molar-refractivity contribution in [3.63, 3.8) is 0 Å². The van der Waals surface area contributed by atoms with Gasteiger partial charge in [0.1, 0.15) is 0 Å². The van der Waals surface area contributed by atoms with E-state index in [4.69, 9.17) is 4.79 Å². The van der Waals surface area contributed by atoms with Crippen molar-refractivity contribution in [2.45, 2.75) is 19.6 Å². The van der Waals surface area contributed by atoms with Gasteiger partial charge in [-0.2, -0.15) is 0 Å². The molecule has 0 unspecified atom stereocenters. The van der Waals surface area contributed by atoms with E-state index in [0.717, 1.165) is 0 Å². The molecule has 0 saturated heterocycles. The standard InChI is InChI=1S/C5H12Si.CH4N2O/c1-5-6(2,3)4;2-1(3)4/h5H,1H2,2-4H3;(H4,2,3,4). The minimum Gasteiger partial charge on any atom is -0.352 e. The summed E-state index contributed by atoms with van der Waals surface area (Å²) in [6.45, 7) is 10.5. The molecule has 0 aliphatic rings.